The maximum Gasteiger partial charge on any atom is 1.00 e. The Hall–Kier alpha value is 1.17. The molecule has 0 aliphatic heterocycles. The molecule has 6 heteroatoms. The summed E-state index contributed by atoms with van der Waals surface area (Å²) in [5.74, 6) is -2.95. The second kappa shape index (κ2) is 20.9. The number of aliphatic carboxylic acids is 2. The molecule has 0 amide bonds. The first-order valence-electron chi connectivity index (χ1n) is 9.94. The molecule has 0 saturated carbocycles. The first kappa shape index (κ1) is 31.9. The standard InChI is InChI=1S/C20H38O4.K.Li/c1-3-5-7-8-9-10-11-12-13-15-17-20(18(21)22,19(23)24)16-14-6-4-2;;/h3-17H2,1-2H3,(H,21,22)(H,23,24);;/q;2*+1/p-2. The summed E-state index contributed by atoms with van der Waals surface area (Å²) in [7, 11) is 0. The van der Waals surface area contributed by atoms with Gasteiger partial charge in [-0.3, -0.25) is 0 Å². The molecule has 0 unspecified atom stereocenters. The number of carboxylic acids is 2. The fourth-order valence-electron chi connectivity index (χ4n) is 3.21. The van der Waals surface area contributed by atoms with Crippen LogP contribution in [0.25, 0.3) is 0 Å². The minimum atomic E-state index is -1.80. The van der Waals surface area contributed by atoms with Crippen molar-refractivity contribution >= 4 is 11.9 Å². The Bertz CT molecular complexity index is 337. The van der Waals surface area contributed by atoms with E-state index in [1.54, 1.807) is 0 Å². The van der Waals surface area contributed by atoms with Crippen molar-refractivity contribution in [3.63, 3.8) is 0 Å². The van der Waals surface area contributed by atoms with Gasteiger partial charge in [-0.2, -0.15) is 0 Å². The van der Waals surface area contributed by atoms with Crippen LogP contribution in [-0.4, -0.2) is 11.9 Å². The largest absolute Gasteiger partial charge is 1.00 e. The van der Waals surface area contributed by atoms with Crippen LogP contribution >= 0.6 is 0 Å². The maximum atomic E-state index is 11.4. The SMILES string of the molecule is CCCCCCCCCCCCC(CCCCC)(C(=O)[O-])C(=O)[O-].[K+].[Li+]. The molecule has 0 saturated heterocycles. The number of hydrogen-bond donors (Lipinski definition) is 0. The van der Waals surface area contributed by atoms with E-state index in [0.717, 1.165) is 32.1 Å². The topological polar surface area (TPSA) is 80.3 Å². The van der Waals surface area contributed by atoms with E-state index in [1.807, 2.05) is 6.92 Å². The van der Waals surface area contributed by atoms with Crippen molar-refractivity contribution in [2.24, 2.45) is 5.41 Å². The van der Waals surface area contributed by atoms with Crippen LogP contribution in [-0.2, 0) is 9.59 Å². The molecule has 0 heterocycles. The second-order valence-electron chi connectivity index (χ2n) is 7.05. The van der Waals surface area contributed by atoms with Crippen molar-refractivity contribution in [2.75, 3.05) is 0 Å². The maximum absolute atomic E-state index is 11.4. The summed E-state index contributed by atoms with van der Waals surface area (Å²) >= 11 is 0. The zero-order valence-corrected chi connectivity index (χ0v) is 20.9. The summed E-state index contributed by atoms with van der Waals surface area (Å²) in [6.07, 6.45) is 14.0. The van der Waals surface area contributed by atoms with Gasteiger partial charge in [-0.1, -0.05) is 97.3 Å². The van der Waals surface area contributed by atoms with E-state index in [0.29, 0.717) is 12.8 Å². The van der Waals surface area contributed by atoms with Crippen molar-refractivity contribution in [3.8, 4) is 0 Å². The molecule has 0 aliphatic carbocycles. The van der Waals surface area contributed by atoms with E-state index in [-0.39, 0.29) is 83.1 Å². The van der Waals surface area contributed by atoms with Crippen LogP contribution in [0.15, 0.2) is 0 Å². The van der Waals surface area contributed by atoms with Gasteiger partial charge in [0.2, 0.25) is 0 Å². The number of unbranched alkanes of at least 4 members (excludes halogenated alkanes) is 11. The number of rotatable bonds is 17. The Morgan fingerprint density at radius 1 is 0.615 bits per heavy atom. The van der Waals surface area contributed by atoms with E-state index in [4.69, 9.17) is 0 Å². The molecule has 0 aliphatic rings. The van der Waals surface area contributed by atoms with Gasteiger partial charge in [0.05, 0.1) is 11.9 Å². The molecule has 142 valence electrons. The molecule has 0 aromatic rings. The van der Waals surface area contributed by atoms with E-state index in [1.165, 1.54) is 38.5 Å². The smallest absolute Gasteiger partial charge is 0.549 e. The molecule has 0 aromatic carbocycles. The molecule has 0 spiro atoms. The van der Waals surface area contributed by atoms with Gasteiger partial charge in [-0.15, -0.1) is 0 Å². The predicted molar refractivity (Wildman–Crippen MR) is 93.1 cm³/mol. The quantitative estimate of drug-likeness (QED) is 0.156. The Balaban J connectivity index is -0.00000264. The summed E-state index contributed by atoms with van der Waals surface area (Å²) in [4.78, 5) is 22.8. The van der Waals surface area contributed by atoms with E-state index >= 15 is 0 Å². The van der Waals surface area contributed by atoms with E-state index < -0.39 is 17.4 Å². The van der Waals surface area contributed by atoms with Gasteiger partial charge in [0.1, 0.15) is 0 Å². The number of carbonyl (C=O) groups excluding carboxylic acids is 2. The number of carbonyl (C=O) groups is 2. The first-order chi connectivity index (χ1) is 11.5. The van der Waals surface area contributed by atoms with Crippen LogP contribution in [0.4, 0.5) is 0 Å². The molecule has 0 atom stereocenters. The van der Waals surface area contributed by atoms with Crippen molar-refractivity contribution in [3.05, 3.63) is 0 Å². The minimum Gasteiger partial charge on any atom is -0.549 e. The summed E-state index contributed by atoms with van der Waals surface area (Å²) in [6, 6.07) is 0. The van der Waals surface area contributed by atoms with Gasteiger partial charge in [0.25, 0.3) is 0 Å². The minimum absolute atomic E-state index is 0. The average molecular weight is 387 g/mol. The summed E-state index contributed by atoms with van der Waals surface area (Å²) in [5.41, 5.74) is -1.80. The molecular formula is C20H36KLiO4. The van der Waals surface area contributed by atoms with Gasteiger partial charge in [-0.05, 0) is 12.8 Å². The van der Waals surface area contributed by atoms with Gasteiger partial charge >= 0.3 is 70.2 Å². The van der Waals surface area contributed by atoms with Gasteiger partial charge < -0.3 is 19.8 Å². The van der Waals surface area contributed by atoms with Crippen molar-refractivity contribution in [2.45, 2.75) is 110 Å². The average Bonchev–Trinajstić information content (AvgIpc) is 2.54. The van der Waals surface area contributed by atoms with Crippen molar-refractivity contribution in [1.29, 1.82) is 0 Å². The summed E-state index contributed by atoms with van der Waals surface area (Å²) in [6.45, 7) is 4.21. The molecule has 0 N–H and O–H groups in total. The molecule has 0 aromatic heterocycles. The van der Waals surface area contributed by atoms with Gasteiger partial charge in [-0.25, -0.2) is 0 Å². The molecular weight excluding hydrogens is 350 g/mol. The summed E-state index contributed by atoms with van der Waals surface area (Å²) < 4.78 is 0. The van der Waals surface area contributed by atoms with E-state index in [2.05, 4.69) is 6.92 Å². The third-order valence-electron chi connectivity index (χ3n) is 4.95. The van der Waals surface area contributed by atoms with Gasteiger partial charge in [0.15, 0.2) is 0 Å². The van der Waals surface area contributed by atoms with Crippen LogP contribution in [0.2, 0.25) is 0 Å². The predicted octanol–water partition coefficient (Wildman–Crippen LogP) is -2.63. The third kappa shape index (κ3) is 14.2. The monoisotopic (exact) mass is 386 g/mol. The fourth-order valence-corrected chi connectivity index (χ4v) is 3.21. The molecule has 0 bridgehead atoms. The second-order valence-corrected chi connectivity index (χ2v) is 7.05. The van der Waals surface area contributed by atoms with Crippen LogP contribution in [0.3, 0.4) is 0 Å². The summed E-state index contributed by atoms with van der Waals surface area (Å²) in [5, 5.41) is 22.8. The Labute approximate surface area is 215 Å². The molecule has 0 radical (unpaired) electrons. The van der Waals surface area contributed by atoms with E-state index in [9.17, 15) is 19.8 Å². The van der Waals surface area contributed by atoms with Crippen LogP contribution in [0.5, 0.6) is 0 Å². The third-order valence-corrected chi connectivity index (χ3v) is 4.95. The zero-order valence-electron chi connectivity index (χ0n) is 17.7. The normalized spacial score (nSPS) is 10.7. The molecule has 0 fully saturated rings. The van der Waals surface area contributed by atoms with Gasteiger partial charge in [0, 0.05) is 5.41 Å². The fraction of sp³-hybridized carbons (Fsp3) is 0.900. The number of carboxylic acid groups (broad SMARTS) is 2. The molecule has 26 heavy (non-hydrogen) atoms. The Morgan fingerprint density at radius 2 is 0.885 bits per heavy atom. The zero-order chi connectivity index (χ0) is 18.3. The first-order valence-corrected chi connectivity index (χ1v) is 9.94. The molecule has 4 nitrogen and oxygen atoms in total. The van der Waals surface area contributed by atoms with Crippen LogP contribution < -0.4 is 80.5 Å². The van der Waals surface area contributed by atoms with Crippen LogP contribution in [0, 0.1) is 5.41 Å². The van der Waals surface area contributed by atoms with Crippen LogP contribution in [0.1, 0.15) is 110 Å². The Morgan fingerprint density at radius 3 is 1.23 bits per heavy atom. The van der Waals surface area contributed by atoms with Crippen molar-refractivity contribution < 1.29 is 90.0 Å². The molecule has 0 rings (SSSR count). The van der Waals surface area contributed by atoms with Crippen molar-refractivity contribution in [1.82, 2.24) is 0 Å². The Kier molecular flexibility index (Phi) is 25.6. The number of hydrogen-bond acceptors (Lipinski definition) is 4.